The molecule has 3 aromatic rings. The van der Waals surface area contributed by atoms with E-state index in [1.165, 1.54) is 11.3 Å². The highest BCUT2D eigenvalue weighted by molar-refractivity contribution is 6.03. The number of amides is 1. The van der Waals surface area contributed by atoms with Crippen LogP contribution in [0.15, 0.2) is 60.7 Å². The van der Waals surface area contributed by atoms with E-state index in [2.05, 4.69) is 33.4 Å². The van der Waals surface area contributed by atoms with Crippen LogP contribution in [0.25, 0.3) is 0 Å². The zero-order valence-corrected chi connectivity index (χ0v) is 15.0. The molecule has 4 rings (SSSR count). The van der Waals surface area contributed by atoms with Crippen molar-refractivity contribution in [2.75, 3.05) is 16.8 Å². The third kappa shape index (κ3) is 2.94. The zero-order chi connectivity index (χ0) is 18.1. The highest BCUT2D eigenvalue weighted by Crippen LogP contribution is 2.33. The number of carbonyl (C=O) groups is 1. The zero-order valence-electron chi connectivity index (χ0n) is 15.0. The highest BCUT2D eigenvalue weighted by Gasteiger charge is 2.21. The normalized spacial score (nSPS) is 12.8. The number of anilines is 3. The molecule has 1 aromatic heterocycles. The van der Waals surface area contributed by atoms with Gasteiger partial charge in [0.25, 0.3) is 5.91 Å². The Morgan fingerprint density at radius 3 is 2.69 bits per heavy atom. The summed E-state index contributed by atoms with van der Waals surface area (Å²) in [6.07, 6.45) is 0.997. The predicted molar refractivity (Wildman–Crippen MR) is 105 cm³/mol. The second-order valence-corrected chi connectivity index (χ2v) is 6.61. The first kappa shape index (κ1) is 16.3. The number of benzene rings is 2. The number of hydrogen-bond acceptors (Lipinski definition) is 3. The van der Waals surface area contributed by atoms with Crippen molar-refractivity contribution in [3.05, 3.63) is 83.0 Å². The van der Waals surface area contributed by atoms with E-state index in [-0.39, 0.29) is 5.91 Å². The smallest absolute Gasteiger partial charge is 0.274 e. The number of nitrogens with zero attached hydrogens (tertiary/aromatic N) is 2. The van der Waals surface area contributed by atoms with Gasteiger partial charge in [-0.25, -0.2) is 4.98 Å². The first-order valence-electron chi connectivity index (χ1n) is 8.83. The summed E-state index contributed by atoms with van der Waals surface area (Å²) in [6.45, 7) is 4.93. The van der Waals surface area contributed by atoms with Gasteiger partial charge < -0.3 is 10.2 Å². The van der Waals surface area contributed by atoms with Gasteiger partial charge in [-0.05, 0) is 61.2 Å². The third-order valence-corrected chi connectivity index (χ3v) is 4.98. The molecule has 0 radical (unpaired) electrons. The van der Waals surface area contributed by atoms with E-state index in [4.69, 9.17) is 0 Å². The molecule has 1 aliphatic heterocycles. The average Bonchev–Trinajstić information content (AvgIpc) is 3.10. The molecule has 0 bridgehead atoms. The Morgan fingerprint density at radius 2 is 1.81 bits per heavy atom. The summed E-state index contributed by atoms with van der Waals surface area (Å²) in [7, 11) is 0. The molecule has 1 amide bonds. The molecular weight excluding hydrogens is 322 g/mol. The van der Waals surface area contributed by atoms with Crippen molar-refractivity contribution in [3.8, 4) is 0 Å². The maximum Gasteiger partial charge on any atom is 0.274 e. The predicted octanol–water partition coefficient (Wildman–Crippen LogP) is 4.64. The molecule has 0 saturated carbocycles. The van der Waals surface area contributed by atoms with Gasteiger partial charge in [-0.1, -0.05) is 36.4 Å². The summed E-state index contributed by atoms with van der Waals surface area (Å²) in [6, 6.07) is 19.8. The number of nitrogens with one attached hydrogen (secondary N) is 1. The molecule has 130 valence electrons. The fourth-order valence-electron chi connectivity index (χ4n) is 3.35. The van der Waals surface area contributed by atoms with Gasteiger partial charge >= 0.3 is 0 Å². The molecule has 2 aromatic carbocycles. The van der Waals surface area contributed by atoms with Crippen molar-refractivity contribution in [2.24, 2.45) is 0 Å². The number of pyridine rings is 1. The van der Waals surface area contributed by atoms with E-state index in [9.17, 15) is 4.79 Å². The minimum absolute atomic E-state index is 0.187. The molecular formula is C22H21N3O. The van der Waals surface area contributed by atoms with E-state index < -0.39 is 0 Å². The highest BCUT2D eigenvalue weighted by atomic mass is 16.1. The van der Waals surface area contributed by atoms with Crippen LogP contribution in [0.4, 0.5) is 17.2 Å². The van der Waals surface area contributed by atoms with Crippen LogP contribution >= 0.6 is 0 Å². The summed E-state index contributed by atoms with van der Waals surface area (Å²) < 4.78 is 0. The number of rotatable bonds is 3. The topological polar surface area (TPSA) is 45.2 Å². The molecule has 0 saturated heterocycles. The van der Waals surface area contributed by atoms with Crippen molar-refractivity contribution >= 4 is 23.1 Å². The lowest BCUT2D eigenvalue weighted by atomic mass is 10.1. The Kier molecular flexibility index (Phi) is 4.17. The van der Waals surface area contributed by atoms with Crippen LogP contribution < -0.4 is 10.2 Å². The lowest BCUT2D eigenvalue weighted by Crippen LogP contribution is -2.19. The van der Waals surface area contributed by atoms with Crippen molar-refractivity contribution in [3.63, 3.8) is 0 Å². The van der Waals surface area contributed by atoms with Gasteiger partial charge in [-0.15, -0.1) is 0 Å². The van der Waals surface area contributed by atoms with E-state index in [1.807, 2.05) is 50.2 Å². The summed E-state index contributed by atoms with van der Waals surface area (Å²) in [4.78, 5) is 19.5. The average molecular weight is 343 g/mol. The number of aryl methyl sites for hydroxylation is 1. The van der Waals surface area contributed by atoms with E-state index in [0.717, 1.165) is 35.6 Å². The standard InChI is InChI=1S/C22H21N3O/c1-15-7-5-9-18(16(15)2)24-22(26)19-10-6-12-21(23-19)25-14-13-17-8-3-4-11-20(17)25/h3-12H,13-14H2,1-2H3,(H,24,26). The number of para-hydroxylation sites is 1. The Balaban J connectivity index is 1.60. The molecule has 26 heavy (non-hydrogen) atoms. The quantitative estimate of drug-likeness (QED) is 0.753. The Labute approximate surface area is 153 Å². The maximum atomic E-state index is 12.7. The minimum atomic E-state index is -0.187. The Hall–Kier alpha value is -3.14. The van der Waals surface area contributed by atoms with Crippen LogP contribution in [0.2, 0.25) is 0 Å². The second kappa shape index (κ2) is 6.64. The van der Waals surface area contributed by atoms with E-state index >= 15 is 0 Å². The summed E-state index contributed by atoms with van der Waals surface area (Å²) in [5.41, 5.74) is 5.97. The number of aromatic nitrogens is 1. The summed E-state index contributed by atoms with van der Waals surface area (Å²) in [5, 5.41) is 2.98. The van der Waals surface area contributed by atoms with Crippen molar-refractivity contribution < 1.29 is 4.79 Å². The van der Waals surface area contributed by atoms with Gasteiger partial charge in [0.15, 0.2) is 0 Å². The van der Waals surface area contributed by atoms with Gasteiger partial charge in [-0.3, -0.25) is 4.79 Å². The SMILES string of the molecule is Cc1cccc(NC(=O)c2cccc(N3CCc4ccccc43)n2)c1C. The van der Waals surface area contributed by atoms with E-state index in [1.54, 1.807) is 6.07 Å². The molecule has 0 atom stereocenters. The summed E-state index contributed by atoms with van der Waals surface area (Å²) >= 11 is 0. The number of carbonyl (C=O) groups excluding carboxylic acids is 1. The molecule has 4 heteroatoms. The van der Waals surface area contributed by atoms with Crippen molar-refractivity contribution in [1.82, 2.24) is 4.98 Å². The van der Waals surface area contributed by atoms with Crippen LogP contribution in [0, 0.1) is 13.8 Å². The van der Waals surface area contributed by atoms with Gasteiger partial charge in [0, 0.05) is 17.9 Å². The lowest BCUT2D eigenvalue weighted by molar-refractivity contribution is 0.102. The fraction of sp³-hybridized carbons (Fsp3) is 0.182. The van der Waals surface area contributed by atoms with Gasteiger partial charge in [0.05, 0.1) is 0 Å². The Morgan fingerprint density at radius 1 is 1.00 bits per heavy atom. The fourth-order valence-corrected chi connectivity index (χ4v) is 3.35. The van der Waals surface area contributed by atoms with E-state index in [0.29, 0.717) is 5.69 Å². The Bertz CT molecular complexity index is 981. The molecule has 2 heterocycles. The minimum Gasteiger partial charge on any atom is -0.326 e. The van der Waals surface area contributed by atoms with Gasteiger partial charge in [-0.2, -0.15) is 0 Å². The van der Waals surface area contributed by atoms with Crippen molar-refractivity contribution in [2.45, 2.75) is 20.3 Å². The first-order chi connectivity index (χ1) is 12.6. The second-order valence-electron chi connectivity index (χ2n) is 6.61. The first-order valence-corrected chi connectivity index (χ1v) is 8.83. The third-order valence-electron chi connectivity index (χ3n) is 4.98. The van der Waals surface area contributed by atoms with Crippen LogP contribution in [0.5, 0.6) is 0 Å². The lowest BCUT2D eigenvalue weighted by Gasteiger charge is -2.19. The molecule has 0 spiro atoms. The van der Waals surface area contributed by atoms with Gasteiger partial charge in [0.2, 0.25) is 0 Å². The number of hydrogen-bond donors (Lipinski definition) is 1. The largest absolute Gasteiger partial charge is 0.326 e. The summed E-state index contributed by atoms with van der Waals surface area (Å²) in [5.74, 6) is 0.622. The molecule has 4 nitrogen and oxygen atoms in total. The molecule has 0 aliphatic carbocycles. The molecule has 0 unspecified atom stereocenters. The monoisotopic (exact) mass is 343 g/mol. The molecule has 1 aliphatic rings. The maximum absolute atomic E-state index is 12.7. The number of fused-ring (bicyclic) bond motifs is 1. The van der Waals surface area contributed by atoms with Crippen LogP contribution in [-0.4, -0.2) is 17.4 Å². The van der Waals surface area contributed by atoms with Crippen LogP contribution in [0.1, 0.15) is 27.2 Å². The van der Waals surface area contributed by atoms with Crippen LogP contribution in [0.3, 0.4) is 0 Å². The van der Waals surface area contributed by atoms with Gasteiger partial charge in [0.1, 0.15) is 11.5 Å². The van der Waals surface area contributed by atoms with Crippen molar-refractivity contribution in [1.29, 1.82) is 0 Å². The van der Waals surface area contributed by atoms with Crippen LogP contribution in [-0.2, 0) is 6.42 Å². The molecule has 0 fully saturated rings. The molecule has 1 N–H and O–H groups in total.